The van der Waals surface area contributed by atoms with Crippen molar-refractivity contribution in [2.24, 2.45) is 5.92 Å². The third-order valence-corrected chi connectivity index (χ3v) is 6.06. The number of hydrogen-bond acceptors (Lipinski definition) is 9. The quantitative estimate of drug-likeness (QED) is 0.312. The molecule has 1 aliphatic carbocycles. The van der Waals surface area contributed by atoms with Gasteiger partial charge in [-0.15, -0.1) is 12.6 Å². The number of anilines is 3. The Balaban J connectivity index is 0.000000618. The summed E-state index contributed by atoms with van der Waals surface area (Å²) in [6.07, 6.45) is 11.6. The van der Waals surface area contributed by atoms with Crippen molar-refractivity contribution >= 4 is 42.1 Å². The first kappa shape index (κ1) is 27.6. The van der Waals surface area contributed by atoms with Crippen LogP contribution in [0.5, 0.6) is 0 Å². The second kappa shape index (κ2) is 15.3. The zero-order valence-corrected chi connectivity index (χ0v) is 21.2. The molecule has 1 amide bonds. The van der Waals surface area contributed by atoms with Crippen LogP contribution in [0.1, 0.15) is 38.3 Å². The van der Waals surface area contributed by atoms with E-state index in [2.05, 4.69) is 62.5 Å². The average Bonchev–Trinajstić information content (AvgIpc) is 3.43. The van der Waals surface area contributed by atoms with Crippen molar-refractivity contribution in [1.82, 2.24) is 25.6 Å². The highest BCUT2D eigenvalue weighted by atomic mass is 32.1. The van der Waals surface area contributed by atoms with Crippen LogP contribution in [-0.2, 0) is 4.79 Å². The second-order valence-electron chi connectivity index (χ2n) is 7.82. The maximum Gasteiger partial charge on any atom is 0.228 e. The molecule has 2 aliphatic rings. The molecule has 1 aliphatic heterocycles. The zero-order valence-electron chi connectivity index (χ0n) is 20.3. The van der Waals surface area contributed by atoms with Gasteiger partial charge in [-0.3, -0.25) is 4.79 Å². The van der Waals surface area contributed by atoms with Crippen LogP contribution in [0.25, 0.3) is 5.57 Å². The molecule has 10 heteroatoms. The highest BCUT2D eigenvalue weighted by molar-refractivity contribution is 7.80. The number of rotatable bonds is 6. The lowest BCUT2D eigenvalue weighted by Gasteiger charge is -2.29. The van der Waals surface area contributed by atoms with Crippen LogP contribution in [-0.4, -0.2) is 66.8 Å². The van der Waals surface area contributed by atoms with E-state index in [0.29, 0.717) is 18.3 Å². The fourth-order valence-corrected chi connectivity index (χ4v) is 4.37. The molecule has 0 unspecified atom stereocenters. The monoisotopic (exact) mass is 487 g/mol. The van der Waals surface area contributed by atoms with Crippen LogP contribution >= 0.6 is 12.6 Å². The molecular weight excluding hydrogens is 450 g/mol. The first-order valence-electron chi connectivity index (χ1n) is 11.6. The fraction of sp³-hybridized carbons (Fsp3) is 0.500. The van der Waals surface area contributed by atoms with Gasteiger partial charge in [0, 0.05) is 51.4 Å². The highest BCUT2D eigenvalue weighted by Crippen LogP contribution is 2.38. The smallest absolute Gasteiger partial charge is 0.228 e. The van der Waals surface area contributed by atoms with E-state index in [4.69, 9.17) is 14.9 Å². The van der Waals surface area contributed by atoms with Gasteiger partial charge in [0.1, 0.15) is 5.82 Å². The van der Waals surface area contributed by atoms with Gasteiger partial charge in [-0.2, -0.15) is 0 Å². The molecule has 34 heavy (non-hydrogen) atoms. The summed E-state index contributed by atoms with van der Waals surface area (Å²) >= 11 is 4.61. The molecule has 4 N–H and O–H groups in total. The van der Waals surface area contributed by atoms with Crippen molar-refractivity contribution in [2.75, 3.05) is 50.6 Å². The number of thiol groups is 1. The summed E-state index contributed by atoms with van der Waals surface area (Å²) in [4.78, 5) is 26.0. The van der Waals surface area contributed by atoms with Crippen LogP contribution in [0.3, 0.4) is 0 Å². The summed E-state index contributed by atoms with van der Waals surface area (Å²) in [5.41, 5.74) is 3.37. The number of nitrogens with zero attached hydrogens (tertiary/aromatic N) is 4. The van der Waals surface area contributed by atoms with Gasteiger partial charge in [0.2, 0.25) is 12.4 Å². The van der Waals surface area contributed by atoms with Crippen LogP contribution in [0, 0.1) is 5.92 Å². The summed E-state index contributed by atoms with van der Waals surface area (Å²) in [5.74, 6) is 1.89. The number of allylic oxidation sites excluding steroid dienone is 2. The molecular formula is C24H37N7O2S. The van der Waals surface area contributed by atoms with Crippen LogP contribution in [0.2, 0.25) is 0 Å². The number of aromatic nitrogens is 3. The summed E-state index contributed by atoms with van der Waals surface area (Å²) < 4.78 is 0. The van der Waals surface area contributed by atoms with Crippen LogP contribution in [0.4, 0.5) is 17.5 Å². The normalized spacial score (nSPS) is 16.0. The third-order valence-electron chi connectivity index (χ3n) is 5.74. The molecule has 3 heterocycles. The molecule has 4 rings (SSSR count). The lowest BCUT2D eigenvalue weighted by molar-refractivity contribution is -0.109. The Morgan fingerprint density at radius 3 is 2.41 bits per heavy atom. The van der Waals surface area contributed by atoms with E-state index >= 15 is 0 Å². The topological polar surface area (TPSA) is 115 Å². The lowest BCUT2D eigenvalue weighted by Crippen LogP contribution is -2.43. The molecule has 2 fully saturated rings. The number of pyridine rings is 1. The first-order valence-corrected chi connectivity index (χ1v) is 12.1. The molecule has 0 atom stereocenters. The first-order chi connectivity index (χ1) is 16.7. The molecule has 0 bridgehead atoms. The SMILES string of the molecule is C/C=C(/c1nc(Nc2ccc(N3CCNCC3)cn2)ncc1S)C1CCCC1.CNC=O.CO. The van der Waals surface area contributed by atoms with Crippen molar-refractivity contribution in [1.29, 1.82) is 0 Å². The fourth-order valence-electron chi connectivity index (χ4n) is 4.14. The van der Waals surface area contributed by atoms with Crippen molar-refractivity contribution in [3.63, 3.8) is 0 Å². The molecule has 1 saturated heterocycles. The number of aliphatic hydroxyl groups is 1. The molecule has 2 aromatic rings. The van der Waals surface area contributed by atoms with E-state index in [1.54, 1.807) is 13.2 Å². The van der Waals surface area contributed by atoms with Gasteiger partial charge >= 0.3 is 0 Å². The molecule has 186 valence electrons. The average molecular weight is 488 g/mol. The Kier molecular flexibility index (Phi) is 12.4. The molecule has 2 aromatic heterocycles. The van der Waals surface area contributed by atoms with E-state index in [1.165, 1.54) is 31.3 Å². The number of nitrogens with one attached hydrogen (secondary N) is 3. The second-order valence-corrected chi connectivity index (χ2v) is 8.30. The lowest BCUT2D eigenvalue weighted by atomic mass is 9.94. The minimum atomic E-state index is 0.563. The predicted octanol–water partition coefficient (Wildman–Crippen LogP) is 2.88. The van der Waals surface area contributed by atoms with E-state index in [9.17, 15) is 0 Å². The van der Waals surface area contributed by atoms with E-state index in [0.717, 1.165) is 55.4 Å². The van der Waals surface area contributed by atoms with Gasteiger partial charge in [0.05, 0.1) is 17.6 Å². The molecule has 0 radical (unpaired) electrons. The Bertz CT molecular complexity index is 897. The molecule has 0 spiro atoms. The number of amides is 1. The van der Waals surface area contributed by atoms with E-state index in [-0.39, 0.29) is 0 Å². The summed E-state index contributed by atoms with van der Waals surface area (Å²) in [6.45, 7) is 6.14. The summed E-state index contributed by atoms with van der Waals surface area (Å²) in [7, 11) is 2.56. The van der Waals surface area contributed by atoms with Crippen molar-refractivity contribution in [3.8, 4) is 0 Å². The Labute approximate surface area is 207 Å². The largest absolute Gasteiger partial charge is 0.400 e. The van der Waals surface area contributed by atoms with Crippen LogP contribution < -0.4 is 20.9 Å². The number of aliphatic hydroxyl groups excluding tert-OH is 1. The summed E-state index contributed by atoms with van der Waals surface area (Å²) in [5, 5.41) is 15.9. The van der Waals surface area contributed by atoms with Gasteiger partial charge in [-0.1, -0.05) is 18.9 Å². The maximum atomic E-state index is 9.06. The molecule has 0 aromatic carbocycles. The predicted molar refractivity (Wildman–Crippen MR) is 141 cm³/mol. The summed E-state index contributed by atoms with van der Waals surface area (Å²) in [6, 6.07) is 4.09. The van der Waals surface area contributed by atoms with E-state index in [1.807, 2.05) is 12.3 Å². The Morgan fingerprint density at radius 1 is 1.18 bits per heavy atom. The van der Waals surface area contributed by atoms with Crippen molar-refractivity contribution in [2.45, 2.75) is 37.5 Å². The number of piperazine rings is 1. The maximum absolute atomic E-state index is 9.06. The minimum absolute atomic E-state index is 0.563. The number of carbonyl (C=O) groups is 1. The third kappa shape index (κ3) is 7.96. The van der Waals surface area contributed by atoms with Crippen molar-refractivity contribution in [3.05, 3.63) is 36.3 Å². The van der Waals surface area contributed by atoms with Gasteiger partial charge < -0.3 is 26.0 Å². The van der Waals surface area contributed by atoms with Gasteiger partial charge in [-0.25, -0.2) is 15.0 Å². The number of carbonyl (C=O) groups excluding carboxylic acids is 1. The standard InChI is InChI=1S/C21H28N6S.C2H5NO.CH4O/c1-2-17(15-5-3-4-6-15)20-18(28)14-24-21(26-20)25-19-8-7-16(13-23-19)27-11-9-22-10-12-27;1-3-2-4;1-2/h2,7-8,13-15,22,28H,3-6,9-12H2,1H3,(H,23,24,25,26);2H,1H3,(H,3,4);2H,1H3/b17-2+;;. The highest BCUT2D eigenvalue weighted by Gasteiger charge is 2.23. The van der Waals surface area contributed by atoms with Gasteiger partial charge in [0.15, 0.2) is 0 Å². The van der Waals surface area contributed by atoms with Gasteiger partial charge in [0.25, 0.3) is 0 Å². The molecule has 1 saturated carbocycles. The minimum Gasteiger partial charge on any atom is -0.400 e. The van der Waals surface area contributed by atoms with Gasteiger partial charge in [-0.05, 0) is 43.4 Å². The zero-order chi connectivity index (χ0) is 24.8. The Morgan fingerprint density at radius 2 is 1.85 bits per heavy atom. The Hall–Kier alpha value is -2.69. The van der Waals surface area contributed by atoms with Crippen LogP contribution in [0.15, 0.2) is 35.5 Å². The van der Waals surface area contributed by atoms with Crippen molar-refractivity contribution < 1.29 is 9.90 Å². The van der Waals surface area contributed by atoms with E-state index < -0.39 is 0 Å². The molecule has 9 nitrogen and oxygen atoms in total. The number of hydrogen-bond donors (Lipinski definition) is 5.